The lowest BCUT2D eigenvalue weighted by Crippen LogP contribution is -2.36. The third-order valence-electron chi connectivity index (χ3n) is 4.58. The van der Waals surface area contributed by atoms with Crippen molar-refractivity contribution in [3.05, 3.63) is 0 Å². The van der Waals surface area contributed by atoms with Gasteiger partial charge in [0.25, 0.3) is 0 Å². The zero-order chi connectivity index (χ0) is 11.9. The third kappa shape index (κ3) is 3.96. The SMILES string of the molecule is CCCNCCCN1CCCC1C1CCCC1. The van der Waals surface area contributed by atoms with Gasteiger partial charge in [0.2, 0.25) is 0 Å². The van der Waals surface area contributed by atoms with Crippen molar-refractivity contribution in [3.8, 4) is 0 Å². The van der Waals surface area contributed by atoms with Gasteiger partial charge in [0.15, 0.2) is 0 Å². The molecule has 1 atom stereocenters. The fourth-order valence-electron chi connectivity index (χ4n) is 3.71. The summed E-state index contributed by atoms with van der Waals surface area (Å²) < 4.78 is 0. The van der Waals surface area contributed by atoms with Crippen molar-refractivity contribution >= 4 is 0 Å². The molecule has 0 aromatic rings. The minimum atomic E-state index is 0.948. The van der Waals surface area contributed by atoms with Gasteiger partial charge in [-0.2, -0.15) is 0 Å². The zero-order valence-corrected chi connectivity index (χ0v) is 11.6. The molecule has 2 fully saturated rings. The lowest BCUT2D eigenvalue weighted by Gasteiger charge is -2.29. The van der Waals surface area contributed by atoms with E-state index in [4.69, 9.17) is 0 Å². The van der Waals surface area contributed by atoms with Gasteiger partial charge in [0, 0.05) is 6.04 Å². The number of nitrogens with one attached hydrogen (secondary N) is 1. The van der Waals surface area contributed by atoms with Crippen molar-refractivity contribution < 1.29 is 0 Å². The predicted octanol–water partition coefficient (Wildman–Crippen LogP) is 3.03. The first-order chi connectivity index (χ1) is 8.42. The minimum absolute atomic E-state index is 0.948. The van der Waals surface area contributed by atoms with Crippen LogP contribution in [0.3, 0.4) is 0 Å². The van der Waals surface area contributed by atoms with E-state index in [2.05, 4.69) is 17.1 Å². The van der Waals surface area contributed by atoms with Gasteiger partial charge in [-0.3, -0.25) is 0 Å². The second-order valence-electron chi connectivity index (χ2n) is 5.89. The van der Waals surface area contributed by atoms with Crippen LogP contribution >= 0.6 is 0 Å². The van der Waals surface area contributed by atoms with E-state index < -0.39 is 0 Å². The fraction of sp³-hybridized carbons (Fsp3) is 1.00. The highest BCUT2D eigenvalue weighted by Gasteiger charge is 2.32. The van der Waals surface area contributed by atoms with E-state index >= 15 is 0 Å². The second kappa shape index (κ2) is 7.38. The molecule has 2 rings (SSSR count). The van der Waals surface area contributed by atoms with E-state index in [1.807, 2.05) is 0 Å². The first kappa shape index (κ1) is 13.4. The first-order valence-electron chi connectivity index (χ1n) is 7.86. The van der Waals surface area contributed by atoms with Gasteiger partial charge < -0.3 is 10.2 Å². The van der Waals surface area contributed by atoms with Crippen molar-refractivity contribution in [2.24, 2.45) is 5.92 Å². The predicted molar refractivity (Wildman–Crippen MR) is 74.3 cm³/mol. The summed E-state index contributed by atoms with van der Waals surface area (Å²) in [6, 6.07) is 0.948. The van der Waals surface area contributed by atoms with Gasteiger partial charge in [0.1, 0.15) is 0 Å². The summed E-state index contributed by atoms with van der Waals surface area (Å²) in [4.78, 5) is 2.80. The van der Waals surface area contributed by atoms with Crippen molar-refractivity contribution in [1.29, 1.82) is 0 Å². The Morgan fingerprint density at radius 2 is 1.88 bits per heavy atom. The molecule has 1 N–H and O–H groups in total. The normalized spacial score (nSPS) is 27.0. The average molecular weight is 238 g/mol. The summed E-state index contributed by atoms with van der Waals surface area (Å²) in [5.41, 5.74) is 0. The lowest BCUT2D eigenvalue weighted by atomic mass is 9.96. The quantitative estimate of drug-likeness (QED) is 0.686. The van der Waals surface area contributed by atoms with E-state index in [-0.39, 0.29) is 0 Å². The lowest BCUT2D eigenvalue weighted by molar-refractivity contribution is 0.188. The molecule has 0 radical (unpaired) electrons. The van der Waals surface area contributed by atoms with Crippen molar-refractivity contribution in [1.82, 2.24) is 10.2 Å². The third-order valence-corrected chi connectivity index (χ3v) is 4.58. The van der Waals surface area contributed by atoms with Crippen molar-refractivity contribution in [2.75, 3.05) is 26.2 Å². The molecule has 0 amide bonds. The van der Waals surface area contributed by atoms with Gasteiger partial charge in [-0.25, -0.2) is 0 Å². The molecule has 1 aliphatic carbocycles. The smallest absolute Gasteiger partial charge is 0.0124 e. The van der Waals surface area contributed by atoms with Crippen LogP contribution in [0.15, 0.2) is 0 Å². The van der Waals surface area contributed by atoms with Crippen LogP contribution in [0.2, 0.25) is 0 Å². The van der Waals surface area contributed by atoms with E-state index in [1.54, 1.807) is 0 Å². The second-order valence-corrected chi connectivity index (χ2v) is 5.89. The average Bonchev–Trinajstić information content (AvgIpc) is 2.98. The summed E-state index contributed by atoms with van der Waals surface area (Å²) in [5, 5.41) is 3.52. The molecule has 100 valence electrons. The molecular formula is C15H30N2. The molecular weight excluding hydrogens is 208 g/mol. The highest BCUT2D eigenvalue weighted by atomic mass is 15.2. The Kier molecular flexibility index (Phi) is 5.79. The van der Waals surface area contributed by atoms with Crippen molar-refractivity contribution in [2.45, 2.75) is 64.3 Å². The van der Waals surface area contributed by atoms with Crippen LogP contribution in [-0.4, -0.2) is 37.1 Å². The number of likely N-dealkylation sites (tertiary alicyclic amines) is 1. The molecule has 0 aromatic carbocycles. The van der Waals surface area contributed by atoms with Gasteiger partial charge >= 0.3 is 0 Å². The topological polar surface area (TPSA) is 15.3 Å². The molecule has 0 spiro atoms. The number of nitrogens with zero attached hydrogens (tertiary/aromatic N) is 1. The summed E-state index contributed by atoms with van der Waals surface area (Å²) in [7, 11) is 0. The maximum Gasteiger partial charge on any atom is 0.0124 e. The largest absolute Gasteiger partial charge is 0.317 e. The molecule has 1 heterocycles. The Bertz CT molecular complexity index is 199. The standard InChI is InChI=1S/C15H30N2/c1-2-10-16-11-6-13-17-12-5-9-15(17)14-7-3-4-8-14/h14-16H,2-13H2,1H3. The molecule has 1 unspecified atom stereocenters. The van der Waals surface area contributed by atoms with Crippen LogP contribution in [0.25, 0.3) is 0 Å². The van der Waals surface area contributed by atoms with Gasteiger partial charge in [-0.15, -0.1) is 0 Å². The van der Waals surface area contributed by atoms with E-state index in [1.165, 1.54) is 77.5 Å². The molecule has 1 aliphatic heterocycles. The zero-order valence-electron chi connectivity index (χ0n) is 11.6. The summed E-state index contributed by atoms with van der Waals surface area (Å²) in [6.45, 7) is 7.34. The molecule has 0 aromatic heterocycles. The molecule has 17 heavy (non-hydrogen) atoms. The van der Waals surface area contributed by atoms with Crippen molar-refractivity contribution in [3.63, 3.8) is 0 Å². The molecule has 1 saturated carbocycles. The first-order valence-corrected chi connectivity index (χ1v) is 7.86. The molecule has 2 heteroatoms. The summed E-state index contributed by atoms with van der Waals surface area (Å²) in [6.07, 6.45) is 11.5. The Hall–Kier alpha value is -0.0800. The highest BCUT2D eigenvalue weighted by Crippen LogP contribution is 2.35. The molecule has 2 nitrogen and oxygen atoms in total. The van der Waals surface area contributed by atoms with Crippen LogP contribution in [0.1, 0.15) is 58.3 Å². The maximum atomic E-state index is 3.52. The van der Waals surface area contributed by atoms with Crippen LogP contribution in [-0.2, 0) is 0 Å². The number of rotatable bonds is 7. The molecule has 2 aliphatic rings. The summed E-state index contributed by atoms with van der Waals surface area (Å²) in [5.74, 6) is 1.04. The summed E-state index contributed by atoms with van der Waals surface area (Å²) >= 11 is 0. The van der Waals surface area contributed by atoms with Crippen LogP contribution in [0, 0.1) is 5.92 Å². The number of hydrogen-bond donors (Lipinski definition) is 1. The monoisotopic (exact) mass is 238 g/mol. The maximum absolute atomic E-state index is 3.52. The minimum Gasteiger partial charge on any atom is -0.317 e. The van der Waals surface area contributed by atoms with E-state index in [0.717, 1.165) is 12.0 Å². The highest BCUT2D eigenvalue weighted by molar-refractivity contribution is 4.87. The van der Waals surface area contributed by atoms with Gasteiger partial charge in [-0.1, -0.05) is 19.8 Å². The Labute approximate surface area is 107 Å². The fourth-order valence-corrected chi connectivity index (χ4v) is 3.71. The van der Waals surface area contributed by atoms with E-state index in [9.17, 15) is 0 Å². The van der Waals surface area contributed by atoms with Crippen LogP contribution < -0.4 is 5.32 Å². The Morgan fingerprint density at radius 3 is 2.65 bits per heavy atom. The Balaban J connectivity index is 1.64. The van der Waals surface area contributed by atoms with Gasteiger partial charge in [-0.05, 0) is 70.6 Å². The van der Waals surface area contributed by atoms with Crippen LogP contribution in [0.5, 0.6) is 0 Å². The Morgan fingerprint density at radius 1 is 1.06 bits per heavy atom. The van der Waals surface area contributed by atoms with Crippen LogP contribution in [0.4, 0.5) is 0 Å². The molecule has 1 saturated heterocycles. The van der Waals surface area contributed by atoms with Gasteiger partial charge in [0.05, 0.1) is 0 Å². The molecule has 0 bridgehead atoms. The number of hydrogen-bond acceptors (Lipinski definition) is 2. The van der Waals surface area contributed by atoms with E-state index in [0.29, 0.717) is 0 Å².